The molecule has 6 heteroatoms. The van der Waals surface area contributed by atoms with Gasteiger partial charge in [-0.1, -0.05) is 26.8 Å². The lowest BCUT2D eigenvalue weighted by Crippen LogP contribution is -2.45. The second-order valence-electron chi connectivity index (χ2n) is 9.19. The van der Waals surface area contributed by atoms with Gasteiger partial charge in [-0.15, -0.1) is 0 Å². The summed E-state index contributed by atoms with van der Waals surface area (Å²) in [5.41, 5.74) is 0.751. The van der Waals surface area contributed by atoms with Gasteiger partial charge in [-0.05, 0) is 37.9 Å². The maximum absolute atomic E-state index is 12.0. The zero-order chi connectivity index (χ0) is 19.6. The summed E-state index contributed by atoms with van der Waals surface area (Å²) in [7, 11) is -0.460. The summed E-state index contributed by atoms with van der Waals surface area (Å²) in [4.78, 5) is 12.0. The Morgan fingerprint density at radius 2 is 1.92 bits per heavy atom. The Balaban J connectivity index is 2.02. The van der Waals surface area contributed by atoms with Crippen molar-refractivity contribution in [1.29, 1.82) is 0 Å². The fourth-order valence-electron chi connectivity index (χ4n) is 3.40. The molecule has 0 aromatic carbocycles. The predicted octanol–water partition coefficient (Wildman–Crippen LogP) is 4.43. The fourth-order valence-corrected chi connectivity index (χ4v) is 4.77. The van der Waals surface area contributed by atoms with Gasteiger partial charge in [0.05, 0.1) is 26.4 Å². The fraction of sp³-hybridized carbons (Fsp3) is 0.850. The molecule has 1 heterocycles. The zero-order valence-electron chi connectivity index (χ0n) is 17.5. The summed E-state index contributed by atoms with van der Waals surface area (Å²) in [6.07, 6.45) is 5.57. The molecular weight excluding hydrogens is 348 g/mol. The van der Waals surface area contributed by atoms with Gasteiger partial charge in [0.1, 0.15) is 0 Å². The van der Waals surface area contributed by atoms with Gasteiger partial charge in [0.25, 0.3) is 0 Å². The molecule has 150 valence electrons. The molecular formula is C20H36O5Si. The zero-order valence-corrected chi connectivity index (χ0v) is 18.5. The van der Waals surface area contributed by atoms with Gasteiger partial charge in [0, 0.05) is 24.3 Å². The molecule has 5 nitrogen and oxygen atoms in total. The number of carbonyl (C=O) groups excluding carboxylic acids is 1. The van der Waals surface area contributed by atoms with Crippen molar-refractivity contribution in [3.05, 3.63) is 11.6 Å². The minimum absolute atomic E-state index is 0.0585. The highest BCUT2D eigenvalue weighted by Crippen LogP contribution is 2.42. The quantitative estimate of drug-likeness (QED) is 0.480. The van der Waals surface area contributed by atoms with Crippen LogP contribution in [0.2, 0.25) is 18.1 Å². The SMILES string of the molecule is COC(=O)C1=C[C@@H](CCCC2(C)OCCO2)[C@H](O[Si](C)(C)C(C)(C)C)C1. The smallest absolute Gasteiger partial charge is 0.333 e. The highest BCUT2D eigenvalue weighted by atomic mass is 28.4. The average Bonchev–Trinajstić information content (AvgIpc) is 3.12. The van der Waals surface area contributed by atoms with E-state index in [1.807, 2.05) is 6.92 Å². The standard InChI is InChI=1S/C20H36O5Si/c1-19(2,3)26(6,7)25-17-14-16(18(21)22-5)13-15(17)9-8-10-20(4)23-11-12-24-20/h13,15,17H,8-12,14H2,1-7H3/t15-,17-/m1/s1. The van der Waals surface area contributed by atoms with Crippen LogP contribution < -0.4 is 0 Å². The van der Waals surface area contributed by atoms with Crippen molar-refractivity contribution in [2.24, 2.45) is 5.92 Å². The highest BCUT2D eigenvalue weighted by Gasteiger charge is 2.43. The van der Waals surface area contributed by atoms with E-state index in [0.29, 0.717) is 19.6 Å². The van der Waals surface area contributed by atoms with Gasteiger partial charge in [-0.2, -0.15) is 0 Å². The molecule has 1 fully saturated rings. The second-order valence-corrected chi connectivity index (χ2v) is 13.9. The Morgan fingerprint density at radius 1 is 1.31 bits per heavy atom. The second kappa shape index (κ2) is 8.13. The molecule has 0 amide bonds. The number of hydrogen-bond acceptors (Lipinski definition) is 5. The molecule has 1 aliphatic carbocycles. The van der Waals surface area contributed by atoms with Crippen LogP contribution in [0.1, 0.15) is 53.4 Å². The van der Waals surface area contributed by atoms with Gasteiger partial charge in [-0.3, -0.25) is 0 Å². The third kappa shape index (κ3) is 5.18. The first-order valence-electron chi connectivity index (χ1n) is 9.72. The maximum atomic E-state index is 12.0. The van der Waals surface area contributed by atoms with Crippen LogP contribution in [0, 0.1) is 5.92 Å². The van der Waals surface area contributed by atoms with Gasteiger partial charge in [-0.25, -0.2) is 4.79 Å². The van der Waals surface area contributed by atoms with Crippen LogP contribution in [0.3, 0.4) is 0 Å². The highest BCUT2D eigenvalue weighted by molar-refractivity contribution is 6.74. The van der Waals surface area contributed by atoms with E-state index in [9.17, 15) is 4.79 Å². The number of hydrogen-bond donors (Lipinski definition) is 0. The Labute approximate surface area is 159 Å². The van der Waals surface area contributed by atoms with Gasteiger partial charge in [0.2, 0.25) is 0 Å². The summed E-state index contributed by atoms with van der Waals surface area (Å²) in [6, 6.07) is 0. The summed E-state index contributed by atoms with van der Waals surface area (Å²) in [5, 5.41) is 0.143. The maximum Gasteiger partial charge on any atom is 0.333 e. The first-order chi connectivity index (χ1) is 12.0. The van der Waals surface area contributed by atoms with Crippen molar-refractivity contribution in [3.63, 3.8) is 0 Å². The van der Waals surface area contributed by atoms with E-state index in [-0.39, 0.29) is 23.0 Å². The Kier molecular flexibility index (Phi) is 6.75. The van der Waals surface area contributed by atoms with Crippen molar-refractivity contribution >= 4 is 14.3 Å². The lowest BCUT2D eigenvalue weighted by atomic mass is 9.97. The first-order valence-corrected chi connectivity index (χ1v) is 12.6. The Morgan fingerprint density at radius 3 is 2.46 bits per heavy atom. The third-order valence-corrected chi connectivity index (χ3v) is 10.6. The van der Waals surface area contributed by atoms with E-state index in [1.54, 1.807) is 0 Å². The van der Waals surface area contributed by atoms with Gasteiger partial charge < -0.3 is 18.6 Å². The summed E-state index contributed by atoms with van der Waals surface area (Å²) >= 11 is 0. The Bertz CT molecular complexity index is 529. The van der Waals surface area contributed by atoms with E-state index in [4.69, 9.17) is 18.6 Å². The van der Waals surface area contributed by atoms with Crippen molar-refractivity contribution in [2.75, 3.05) is 20.3 Å². The van der Waals surface area contributed by atoms with E-state index < -0.39 is 14.1 Å². The largest absolute Gasteiger partial charge is 0.466 e. The van der Waals surface area contributed by atoms with Crippen LogP contribution in [0.5, 0.6) is 0 Å². The average molecular weight is 385 g/mol. The molecule has 0 saturated carbocycles. The number of rotatable bonds is 7. The van der Waals surface area contributed by atoms with E-state index >= 15 is 0 Å². The van der Waals surface area contributed by atoms with E-state index in [0.717, 1.165) is 24.8 Å². The van der Waals surface area contributed by atoms with E-state index in [1.165, 1.54) is 7.11 Å². The molecule has 0 unspecified atom stereocenters. The number of methoxy groups -OCH3 is 1. The lowest BCUT2D eigenvalue weighted by Gasteiger charge is -2.40. The predicted molar refractivity (Wildman–Crippen MR) is 104 cm³/mol. The van der Waals surface area contributed by atoms with Crippen LogP contribution in [-0.2, 0) is 23.4 Å². The third-order valence-electron chi connectivity index (χ3n) is 6.08. The monoisotopic (exact) mass is 384 g/mol. The van der Waals surface area contributed by atoms with Crippen LogP contribution in [0.15, 0.2) is 11.6 Å². The molecule has 1 aliphatic heterocycles. The molecule has 2 rings (SSSR count). The van der Waals surface area contributed by atoms with Crippen LogP contribution in [0.25, 0.3) is 0 Å². The Hall–Kier alpha value is -0.693. The molecule has 26 heavy (non-hydrogen) atoms. The molecule has 0 N–H and O–H groups in total. The van der Waals surface area contributed by atoms with Crippen molar-refractivity contribution in [3.8, 4) is 0 Å². The molecule has 0 aromatic heterocycles. The van der Waals surface area contributed by atoms with Crippen LogP contribution in [-0.4, -0.2) is 46.5 Å². The van der Waals surface area contributed by atoms with Crippen molar-refractivity contribution in [1.82, 2.24) is 0 Å². The van der Waals surface area contributed by atoms with Crippen LogP contribution in [0.4, 0.5) is 0 Å². The van der Waals surface area contributed by atoms with Crippen LogP contribution >= 0.6 is 0 Å². The summed E-state index contributed by atoms with van der Waals surface area (Å²) in [5.74, 6) is -0.447. The molecule has 2 atom stereocenters. The van der Waals surface area contributed by atoms with Gasteiger partial charge in [0.15, 0.2) is 14.1 Å². The number of carbonyl (C=O) groups is 1. The number of ether oxygens (including phenoxy) is 3. The first kappa shape index (κ1) is 21.6. The molecule has 1 saturated heterocycles. The topological polar surface area (TPSA) is 54.0 Å². The lowest BCUT2D eigenvalue weighted by molar-refractivity contribution is -0.148. The van der Waals surface area contributed by atoms with Crippen molar-refractivity contribution < 1.29 is 23.4 Å². The van der Waals surface area contributed by atoms with Gasteiger partial charge >= 0.3 is 5.97 Å². The van der Waals surface area contributed by atoms with Crippen molar-refractivity contribution in [2.45, 2.75) is 83.4 Å². The summed E-state index contributed by atoms with van der Waals surface area (Å²) < 4.78 is 23.0. The molecule has 0 spiro atoms. The molecule has 0 aromatic rings. The molecule has 0 bridgehead atoms. The minimum Gasteiger partial charge on any atom is -0.466 e. The number of esters is 1. The minimum atomic E-state index is -1.90. The molecule has 2 aliphatic rings. The normalized spacial score (nSPS) is 26.0. The van der Waals surface area contributed by atoms with E-state index in [2.05, 4.69) is 39.9 Å². The summed E-state index contributed by atoms with van der Waals surface area (Å²) in [6.45, 7) is 14.6. The molecule has 0 radical (unpaired) electrons.